The van der Waals surface area contributed by atoms with Gasteiger partial charge in [-0.05, 0) is 41.8 Å². The largest absolute Gasteiger partial charge is 0.493 e. The molecule has 22 heavy (non-hydrogen) atoms. The molecule has 2 heterocycles. The highest BCUT2D eigenvalue weighted by Crippen LogP contribution is 2.34. The summed E-state index contributed by atoms with van der Waals surface area (Å²) < 4.78 is 16.3. The van der Waals surface area contributed by atoms with Gasteiger partial charge in [-0.1, -0.05) is 18.2 Å². The van der Waals surface area contributed by atoms with E-state index in [0.717, 1.165) is 36.8 Å². The average molecular weight is 297 g/mol. The summed E-state index contributed by atoms with van der Waals surface area (Å²) in [5.41, 5.74) is 3.81. The van der Waals surface area contributed by atoms with E-state index >= 15 is 0 Å². The third-order valence-electron chi connectivity index (χ3n) is 4.26. The molecule has 2 aliphatic rings. The van der Waals surface area contributed by atoms with Crippen molar-refractivity contribution in [3.05, 3.63) is 53.1 Å². The van der Waals surface area contributed by atoms with Gasteiger partial charge in [0.25, 0.3) is 0 Å². The van der Waals surface area contributed by atoms with Gasteiger partial charge in [0, 0.05) is 19.0 Å². The molecule has 0 radical (unpaired) electrons. The van der Waals surface area contributed by atoms with Gasteiger partial charge in [-0.15, -0.1) is 0 Å². The molecule has 4 nitrogen and oxygen atoms in total. The fourth-order valence-electron chi connectivity index (χ4n) is 2.92. The molecule has 2 aliphatic heterocycles. The van der Waals surface area contributed by atoms with E-state index in [1.165, 1.54) is 16.7 Å². The van der Waals surface area contributed by atoms with E-state index < -0.39 is 0 Å². The van der Waals surface area contributed by atoms with E-state index in [9.17, 15) is 0 Å². The Hall–Kier alpha value is -2.20. The second-order valence-electron chi connectivity index (χ2n) is 5.76. The third-order valence-corrected chi connectivity index (χ3v) is 4.26. The molecule has 2 aromatic rings. The SMILES string of the molecule is C[C@H](NCc1ccc2c(c1)CCO2)c1ccc2c(c1)OCO2. The molecular weight excluding hydrogens is 278 g/mol. The summed E-state index contributed by atoms with van der Waals surface area (Å²) in [6.07, 6.45) is 1.01. The maximum atomic E-state index is 5.54. The Kier molecular flexibility index (Phi) is 3.39. The van der Waals surface area contributed by atoms with Crippen LogP contribution in [-0.2, 0) is 13.0 Å². The van der Waals surface area contributed by atoms with Crippen molar-refractivity contribution in [3.8, 4) is 17.2 Å². The molecule has 0 saturated heterocycles. The fourth-order valence-corrected chi connectivity index (χ4v) is 2.92. The third kappa shape index (κ3) is 2.50. The molecule has 0 saturated carbocycles. The first-order valence-corrected chi connectivity index (χ1v) is 7.67. The molecule has 2 aromatic carbocycles. The molecule has 0 fully saturated rings. The van der Waals surface area contributed by atoms with Crippen molar-refractivity contribution in [1.29, 1.82) is 0 Å². The first-order chi connectivity index (χ1) is 10.8. The molecule has 4 rings (SSSR count). The van der Waals surface area contributed by atoms with Crippen LogP contribution in [0.4, 0.5) is 0 Å². The topological polar surface area (TPSA) is 39.7 Å². The predicted molar refractivity (Wildman–Crippen MR) is 83.5 cm³/mol. The summed E-state index contributed by atoms with van der Waals surface area (Å²) in [5.74, 6) is 2.70. The minimum atomic E-state index is 0.249. The quantitative estimate of drug-likeness (QED) is 0.940. The zero-order valence-electron chi connectivity index (χ0n) is 12.6. The average Bonchev–Trinajstić information content (AvgIpc) is 3.19. The second kappa shape index (κ2) is 5.54. The maximum absolute atomic E-state index is 5.54. The number of benzene rings is 2. The van der Waals surface area contributed by atoms with Gasteiger partial charge >= 0.3 is 0 Å². The van der Waals surface area contributed by atoms with Crippen molar-refractivity contribution < 1.29 is 14.2 Å². The molecular formula is C18H19NO3. The van der Waals surface area contributed by atoms with Gasteiger partial charge in [0.2, 0.25) is 6.79 Å². The van der Waals surface area contributed by atoms with Crippen LogP contribution in [0.1, 0.15) is 29.7 Å². The summed E-state index contributed by atoms with van der Waals surface area (Å²) in [5, 5.41) is 3.56. The number of fused-ring (bicyclic) bond motifs is 2. The van der Waals surface area contributed by atoms with Crippen LogP contribution in [0.25, 0.3) is 0 Å². The Balaban J connectivity index is 1.43. The lowest BCUT2D eigenvalue weighted by Crippen LogP contribution is -2.18. The van der Waals surface area contributed by atoms with E-state index in [-0.39, 0.29) is 6.04 Å². The Bertz CT molecular complexity index is 699. The van der Waals surface area contributed by atoms with Gasteiger partial charge in [0.05, 0.1) is 6.61 Å². The first-order valence-electron chi connectivity index (χ1n) is 7.67. The first kappa shape index (κ1) is 13.5. The zero-order valence-corrected chi connectivity index (χ0v) is 12.6. The molecule has 0 bridgehead atoms. The van der Waals surface area contributed by atoms with Crippen LogP contribution in [0.15, 0.2) is 36.4 Å². The van der Waals surface area contributed by atoms with E-state index in [0.29, 0.717) is 6.79 Å². The minimum Gasteiger partial charge on any atom is -0.493 e. The van der Waals surface area contributed by atoms with Crippen LogP contribution in [0, 0.1) is 0 Å². The van der Waals surface area contributed by atoms with Gasteiger partial charge < -0.3 is 19.5 Å². The van der Waals surface area contributed by atoms with Crippen molar-refractivity contribution >= 4 is 0 Å². The Morgan fingerprint density at radius 1 is 1.00 bits per heavy atom. The summed E-state index contributed by atoms with van der Waals surface area (Å²) in [7, 11) is 0. The Labute approximate surface area is 130 Å². The lowest BCUT2D eigenvalue weighted by atomic mass is 10.1. The number of rotatable bonds is 4. The normalized spacial score (nSPS) is 16.2. The smallest absolute Gasteiger partial charge is 0.231 e. The minimum absolute atomic E-state index is 0.249. The van der Waals surface area contributed by atoms with Crippen molar-refractivity contribution in [2.45, 2.75) is 25.9 Å². The molecule has 1 atom stereocenters. The number of hydrogen-bond acceptors (Lipinski definition) is 4. The molecule has 0 unspecified atom stereocenters. The Morgan fingerprint density at radius 3 is 2.82 bits per heavy atom. The van der Waals surface area contributed by atoms with E-state index in [2.05, 4.69) is 42.6 Å². The van der Waals surface area contributed by atoms with Crippen molar-refractivity contribution in [1.82, 2.24) is 5.32 Å². The van der Waals surface area contributed by atoms with E-state index in [4.69, 9.17) is 14.2 Å². The molecule has 0 aromatic heterocycles. The van der Waals surface area contributed by atoms with Crippen molar-refractivity contribution in [2.24, 2.45) is 0 Å². The monoisotopic (exact) mass is 297 g/mol. The van der Waals surface area contributed by atoms with Gasteiger partial charge in [0.1, 0.15) is 5.75 Å². The van der Waals surface area contributed by atoms with Crippen molar-refractivity contribution in [2.75, 3.05) is 13.4 Å². The van der Waals surface area contributed by atoms with E-state index in [1.54, 1.807) is 0 Å². The van der Waals surface area contributed by atoms with Crippen LogP contribution < -0.4 is 19.5 Å². The molecule has 0 amide bonds. The molecule has 114 valence electrons. The van der Waals surface area contributed by atoms with Crippen LogP contribution in [0.3, 0.4) is 0 Å². The lowest BCUT2D eigenvalue weighted by Gasteiger charge is -2.15. The highest BCUT2D eigenvalue weighted by atomic mass is 16.7. The standard InChI is InChI=1S/C18H19NO3/c1-12(14-3-5-17-18(9-14)22-11-21-17)19-10-13-2-4-16-15(8-13)6-7-20-16/h2-5,8-9,12,19H,6-7,10-11H2,1H3/t12-/m0/s1. The van der Waals surface area contributed by atoms with Gasteiger partial charge in [-0.25, -0.2) is 0 Å². The number of ether oxygens (including phenoxy) is 3. The zero-order chi connectivity index (χ0) is 14.9. The van der Waals surface area contributed by atoms with Gasteiger partial charge in [0.15, 0.2) is 11.5 Å². The number of nitrogens with one attached hydrogen (secondary N) is 1. The maximum Gasteiger partial charge on any atom is 0.231 e. The molecule has 4 heteroatoms. The highest BCUT2D eigenvalue weighted by molar-refractivity contribution is 5.45. The van der Waals surface area contributed by atoms with Crippen LogP contribution >= 0.6 is 0 Å². The molecule has 1 N–H and O–H groups in total. The Morgan fingerprint density at radius 2 is 1.86 bits per heavy atom. The fraction of sp³-hybridized carbons (Fsp3) is 0.333. The summed E-state index contributed by atoms with van der Waals surface area (Å²) >= 11 is 0. The van der Waals surface area contributed by atoms with Crippen LogP contribution in [0.5, 0.6) is 17.2 Å². The van der Waals surface area contributed by atoms with Crippen LogP contribution in [-0.4, -0.2) is 13.4 Å². The summed E-state index contributed by atoms with van der Waals surface area (Å²) in [6, 6.07) is 12.8. The predicted octanol–water partition coefficient (Wildman–Crippen LogP) is 3.20. The van der Waals surface area contributed by atoms with E-state index in [1.807, 2.05) is 6.07 Å². The number of hydrogen-bond donors (Lipinski definition) is 1. The summed E-state index contributed by atoms with van der Waals surface area (Å²) in [6.45, 7) is 4.12. The lowest BCUT2D eigenvalue weighted by molar-refractivity contribution is 0.174. The van der Waals surface area contributed by atoms with Gasteiger partial charge in [-0.2, -0.15) is 0 Å². The highest BCUT2D eigenvalue weighted by Gasteiger charge is 2.16. The van der Waals surface area contributed by atoms with Crippen LogP contribution in [0.2, 0.25) is 0 Å². The van der Waals surface area contributed by atoms with Gasteiger partial charge in [-0.3, -0.25) is 0 Å². The second-order valence-corrected chi connectivity index (χ2v) is 5.76. The molecule has 0 spiro atoms. The molecule has 0 aliphatic carbocycles. The summed E-state index contributed by atoms with van der Waals surface area (Å²) in [4.78, 5) is 0. The van der Waals surface area contributed by atoms with Crippen molar-refractivity contribution in [3.63, 3.8) is 0 Å².